The quantitative estimate of drug-likeness (QED) is 0.853. The smallest absolute Gasteiger partial charge is 0.222 e. The van der Waals surface area contributed by atoms with E-state index in [4.69, 9.17) is 15.7 Å². The SMILES string of the molecule is CN(c1nc(N)nc2c1CCCC21CCCC1)[C@H]1CC[C@@H](N2CCCC2)CC1. The summed E-state index contributed by atoms with van der Waals surface area (Å²) in [4.78, 5) is 14.8. The van der Waals surface area contributed by atoms with Gasteiger partial charge in [-0.1, -0.05) is 12.8 Å². The molecular formula is C23H37N5. The maximum absolute atomic E-state index is 6.25. The predicted octanol–water partition coefficient (Wildman–Crippen LogP) is 4.05. The van der Waals surface area contributed by atoms with Crippen molar-refractivity contribution < 1.29 is 0 Å². The first kappa shape index (κ1) is 18.7. The Morgan fingerprint density at radius 2 is 1.61 bits per heavy atom. The highest BCUT2D eigenvalue weighted by Gasteiger charge is 2.42. The van der Waals surface area contributed by atoms with E-state index in [1.165, 1.54) is 101 Å². The van der Waals surface area contributed by atoms with Crippen LogP contribution in [0, 0.1) is 0 Å². The molecule has 0 amide bonds. The molecule has 0 atom stereocenters. The average molecular weight is 384 g/mol. The normalized spacial score (nSPS) is 29.9. The Morgan fingerprint density at radius 1 is 0.929 bits per heavy atom. The zero-order valence-electron chi connectivity index (χ0n) is 17.6. The van der Waals surface area contributed by atoms with Gasteiger partial charge < -0.3 is 15.5 Å². The molecule has 3 aliphatic carbocycles. The van der Waals surface area contributed by atoms with Gasteiger partial charge in [0.15, 0.2) is 0 Å². The fraction of sp³-hybridized carbons (Fsp3) is 0.826. The third-order valence-electron chi connectivity index (χ3n) is 8.35. The number of likely N-dealkylation sites (tertiary alicyclic amines) is 1. The molecule has 1 saturated heterocycles. The Morgan fingerprint density at radius 3 is 2.32 bits per heavy atom. The minimum absolute atomic E-state index is 0.299. The first-order valence-corrected chi connectivity index (χ1v) is 11.8. The van der Waals surface area contributed by atoms with E-state index in [-0.39, 0.29) is 0 Å². The molecule has 0 unspecified atom stereocenters. The lowest BCUT2D eigenvalue weighted by Gasteiger charge is -2.41. The fourth-order valence-electron chi connectivity index (χ4n) is 6.80. The molecule has 0 bridgehead atoms. The fourth-order valence-corrected chi connectivity index (χ4v) is 6.80. The van der Waals surface area contributed by atoms with Crippen LogP contribution in [0.3, 0.4) is 0 Å². The van der Waals surface area contributed by atoms with Gasteiger partial charge in [0.05, 0.1) is 5.69 Å². The van der Waals surface area contributed by atoms with Gasteiger partial charge in [-0.3, -0.25) is 0 Å². The summed E-state index contributed by atoms with van der Waals surface area (Å²) in [5.74, 6) is 1.64. The second-order valence-electron chi connectivity index (χ2n) is 9.89. The van der Waals surface area contributed by atoms with Crippen LogP contribution in [0.5, 0.6) is 0 Å². The monoisotopic (exact) mass is 383 g/mol. The Balaban J connectivity index is 1.37. The average Bonchev–Trinajstić information content (AvgIpc) is 3.41. The van der Waals surface area contributed by atoms with Crippen molar-refractivity contribution in [2.75, 3.05) is 30.8 Å². The van der Waals surface area contributed by atoms with Gasteiger partial charge in [0, 0.05) is 30.1 Å². The number of nitrogens with two attached hydrogens (primary N) is 1. The summed E-state index contributed by atoms with van der Waals surface area (Å²) in [5, 5.41) is 0. The van der Waals surface area contributed by atoms with E-state index < -0.39 is 0 Å². The number of hydrogen-bond acceptors (Lipinski definition) is 5. The zero-order valence-corrected chi connectivity index (χ0v) is 17.6. The largest absolute Gasteiger partial charge is 0.368 e. The highest BCUT2D eigenvalue weighted by Crippen LogP contribution is 2.49. The molecule has 2 saturated carbocycles. The van der Waals surface area contributed by atoms with Crippen LogP contribution >= 0.6 is 0 Å². The maximum atomic E-state index is 6.25. The minimum Gasteiger partial charge on any atom is -0.368 e. The number of nitrogens with zero attached hydrogens (tertiary/aromatic N) is 4. The molecule has 5 heteroatoms. The molecule has 0 aromatic carbocycles. The van der Waals surface area contributed by atoms with Crippen LogP contribution < -0.4 is 10.6 Å². The third kappa shape index (κ3) is 3.20. The highest BCUT2D eigenvalue weighted by atomic mass is 15.2. The van der Waals surface area contributed by atoms with E-state index in [1.54, 1.807) is 0 Å². The molecular weight excluding hydrogens is 346 g/mol. The lowest BCUT2D eigenvalue weighted by Crippen LogP contribution is -2.43. The highest BCUT2D eigenvalue weighted by molar-refractivity contribution is 5.55. The molecule has 28 heavy (non-hydrogen) atoms. The molecule has 4 aliphatic rings. The van der Waals surface area contributed by atoms with Crippen LogP contribution in [0.1, 0.15) is 88.3 Å². The van der Waals surface area contributed by atoms with Gasteiger partial charge in [-0.05, 0) is 83.7 Å². The molecule has 2 N–H and O–H groups in total. The lowest BCUT2D eigenvalue weighted by molar-refractivity contribution is 0.181. The third-order valence-corrected chi connectivity index (χ3v) is 8.35. The molecule has 1 aromatic rings. The Hall–Kier alpha value is -1.36. The van der Waals surface area contributed by atoms with E-state index >= 15 is 0 Å². The van der Waals surface area contributed by atoms with Crippen LogP contribution in [0.4, 0.5) is 11.8 Å². The molecule has 3 fully saturated rings. The summed E-state index contributed by atoms with van der Waals surface area (Å²) in [5.41, 5.74) is 9.29. The molecule has 5 rings (SSSR count). The molecule has 1 aliphatic heterocycles. The van der Waals surface area contributed by atoms with Gasteiger partial charge >= 0.3 is 0 Å². The van der Waals surface area contributed by atoms with Crippen LogP contribution in [0.15, 0.2) is 0 Å². The summed E-state index contributed by atoms with van der Waals surface area (Å²) in [6.07, 6.45) is 17.0. The van der Waals surface area contributed by atoms with Gasteiger partial charge in [-0.15, -0.1) is 0 Å². The number of hydrogen-bond donors (Lipinski definition) is 1. The van der Waals surface area contributed by atoms with Gasteiger partial charge in [0.2, 0.25) is 5.95 Å². The topological polar surface area (TPSA) is 58.3 Å². The van der Waals surface area contributed by atoms with Crippen molar-refractivity contribution >= 4 is 11.8 Å². The van der Waals surface area contributed by atoms with Gasteiger partial charge in [0.25, 0.3) is 0 Å². The van der Waals surface area contributed by atoms with Crippen molar-refractivity contribution in [3.63, 3.8) is 0 Å². The van der Waals surface area contributed by atoms with Crippen molar-refractivity contribution in [2.45, 2.75) is 101 Å². The van der Waals surface area contributed by atoms with E-state index in [0.29, 0.717) is 17.4 Å². The van der Waals surface area contributed by atoms with Crippen molar-refractivity contribution in [2.24, 2.45) is 0 Å². The Labute approximate surface area is 170 Å². The summed E-state index contributed by atoms with van der Waals surface area (Å²) in [6, 6.07) is 1.41. The molecule has 2 heterocycles. The maximum Gasteiger partial charge on any atom is 0.222 e. The van der Waals surface area contributed by atoms with Gasteiger partial charge in [-0.2, -0.15) is 4.98 Å². The van der Waals surface area contributed by atoms with Gasteiger partial charge in [0.1, 0.15) is 5.82 Å². The number of nitrogen functional groups attached to an aromatic ring is 1. The molecule has 154 valence electrons. The molecule has 0 radical (unpaired) electrons. The predicted molar refractivity (Wildman–Crippen MR) is 115 cm³/mol. The number of rotatable bonds is 3. The van der Waals surface area contributed by atoms with Crippen LogP contribution in [-0.4, -0.2) is 47.1 Å². The second kappa shape index (κ2) is 7.47. The molecule has 1 aromatic heterocycles. The Kier molecular flexibility index (Phi) is 4.98. The van der Waals surface area contributed by atoms with E-state index in [9.17, 15) is 0 Å². The van der Waals surface area contributed by atoms with Crippen molar-refractivity contribution in [3.05, 3.63) is 11.3 Å². The van der Waals surface area contributed by atoms with E-state index in [2.05, 4.69) is 16.8 Å². The minimum atomic E-state index is 0.299. The zero-order chi connectivity index (χ0) is 19.1. The van der Waals surface area contributed by atoms with Gasteiger partial charge in [-0.25, -0.2) is 4.98 Å². The van der Waals surface area contributed by atoms with E-state index in [0.717, 1.165) is 18.3 Å². The number of anilines is 2. The first-order valence-electron chi connectivity index (χ1n) is 11.8. The molecule has 5 nitrogen and oxygen atoms in total. The summed E-state index contributed by atoms with van der Waals surface area (Å²) < 4.78 is 0. The Bertz CT molecular complexity index is 697. The second-order valence-corrected chi connectivity index (χ2v) is 9.89. The van der Waals surface area contributed by atoms with Crippen molar-refractivity contribution in [1.29, 1.82) is 0 Å². The molecule has 1 spiro atoms. The number of aromatic nitrogens is 2. The van der Waals surface area contributed by atoms with E-state index in [1.807, 2.05) is 0 Å². The van der Waals surface area contributed by atoms with Crippen LogP contribution in [0.2, 0.25) is 0 Å². The van der Waals surface area contributed by atoms with Crippen molar-refractivity contribution in [1.82, 2.24) is 14.9 Å². The summed E-state index contributed by atoms with van der Waals surface area (Å²) in [6.45, 7) is 2.65. The summed E-state index contributed by atoms with van der Waals surface area (Å²) >= 11 is 0. The van der Waals surface area contributed by atoms with Crippen LogP contribution in [-0.2, 0) is 11.8 Å². The lowest BCUT2D eigenvalue weighted by atomic mass is 9.71. The summed E-state index contributed by atoms with van der Waals surface area (Å²) in [7, 11) is 2.26. The standard InChI is InChI=1S/C23H37N5/c1-27(17-8-10-18(11-9-17)28-15-4-5-16-28)21-19-7-6-14-23(12-2-3-13-23)20(19)25-22(24)26-21/h17-18H,2-16H2,1H3,(H2,24,25,26)/t17-,18+. The van der Waals surface area contributed by atoms with Crippen molar-refractivity contribution in [3.8, 4) is 0 Å². The first-order chi connectivity index (χ1) is 13.7. The number of fused-ring (bicyclic) bond motifs is 2. The van der Waals surface area contributed by atoms with Crippen LogP contribution in [0.25, 0.3) is 0 Å².